The highest BCUT2D eigenvalue weighted by Gasteiger charge is 2.30. The molecular weight excluding hydrogens is 345 g/mol. The zero-order valence-electron chi connectivity index (χ0n) is 9.50. The average molecular weight is 357 g/mol. The number of alkyl halides is 1. The average Bonchev–Trinajstić information content (AvgIpc) is 2.85. The van der Waals surface area contributed by atoms with Gasteiger partial charge in [0.05, 0.1) is 5.88 Å². The molecular formula is C11H12BrClFNO2S. The van der Waals surface area contributed by atoms with E-state index in [1.807, 2.05) is 0 Å². The van der Waals surface area contributed by atoms with Crippen LogP contribution in [0.15, 0.2) is 21.5 Å². The molecule has 1 fully saturated rings. The molecule has 1 heterocycles. The summed E-state index contributed by atoms with van der Waals surface area (Å²) in [6, 6.07) is 2.78. The molecule has 0 amide bonds. The quantitative estimate of drug-likeness (QED) is 0.780. The molecule has 3 nitrogen and oxygen atoms in total. The van der Waals surface area contributed by atoms with Crippen molar-refractivity contribution in [3.63, 3.8) is 0 Å². The van der Waals surface area contributed by atoms with Gasteiger partial charge in [0.15, 0.2) is 0 Å². The molecule has 1 aromatic carbocycles. The second-order valence-corrected chi connectivity index (χ2v) is 7.21. The highest BCUT2D eigenvalue weighted by atomic mass is 79.9. The van der Waals surface area contributed by atoms with Crippen molar-refractivity contribution < 1.29 is 12.8 Å². The molecule has 0 aliphatic carbocycles. The summed E-state index contributed by atoms with van der Waals surface area (Å²) in [5.41, 5.74) is 0.184. The first kappa shape index (κ1) is 14.2. The Morgan fingerprint density at radius 2 is 1.94 bits per heavy atom. The number of halogens is 3. The summed E-state index contributed by atoms with van der Waals surface area (Å²) < 4.78 is 40.5. The third-order valence-electron chi connectivity index (χ3n) is 2.91. The zero-order chi connectivity index (χ0) is 13.3. The first-order chi connectivity index (χ1) is 8.46. The Labute approximate surface area is 119 Å². The van der Waals surface area contributed by atoms with Crippen LogP contribution in [-0.4, -0.2) is 25.8 Å². The van der Waals surface area contributed by atoms with Gasteiger partial charge in [0.2, 0.25) is 10.0 Å². The second-order valence-electron chi connectivity index (χ2n) is 4.12. The van der Waals surface area contributed by atoms with E-state index in [2.05, 4.69) is 15.9 Å². The highest BCUT2D eigenvalue weighted by molar-refractivity contribution is 9.10. The smallest absolute Gasteiger partial charge is 0.207 e. The Kier molecular flexibility index (Phi) is 4.31. The molecule has 1 saturated heterocycles. The summed E-state index contributed by atoms with van der Waals surface area (Å²) in [7, 11) is -3.75. The number of hydrogen-bond acceptors (Lipinski definition) is 2. The molecule has 0 aromatic heterocycles. The highest BCUT2D eigenvalue weighted by Crippen LogP contribution is 2.29. The van der Waals surface area contributed by atoms with E-state index in [4.69, 9.17) is 11.6 Å². The molecule has 18 heavy (non-hydrogen) atoms. The molecule has 7 heteroatoms. The maximum atomic E-state index is 14.1. The van der Waals surface area contributed by atoms with E-state index >= 15 is 0 Å². The van der Waals surface area contributed by atoms with E-state index in [0.29, 0.717) is 17.6 Å². The maximum Gasteiger partial charge on any atom is 0.246 e. The summed E-state index contributed by atoms with van der Waals surface area (Å²) in [4.78, 5) is -0.297. The minimum atomic E-state index is -3.75. The van der Waals surface area contributed by atoms with Gasteiger partial charge in [-0.05, 0) is 25.0 Å². The molecule has 1 aromatic rings. The van der Waals surface area contributed by atoms with Crippen molar-refractivity contribution in [1.29, 1.82) is 0 Å². The van der Waals surface area contributed by atoms with Crippen LogP contribution in [0, 0.1) is 5.82 Å². The van der Waals surface area contributed by atoms with Crippen molar-refractivity contribution in [3.05, 3.63) is 28.0 Å². The van der Waals surface area contributed by atoms with Crippen LogP contribution in [0.1, 0.15) is 18.4 Å². The molecule has 1 aliphatic heterocycles. The molecule has 100 valence electrons. The molecule has 0 spiro atoms. The van der Waals surface area contributed by atoms with E-state index in [0.717, 1.165) is 12.8 Å². The molecule has 0 N–H and O–H groups in total. The van der Waals surface area contributed by atoms with Gasteiger partial charge < -0.3 is 0 Å². The summed E-state index contributed by atoms with van der Waals surface area (Å²) in [6.07, 6.45) is 1.63. The predicted molar refractivity (Wildman–Crippen MR) is 71.6 cm³/mol. The van der Waals surface area contributed by atoms with Crippen molar-refractivity contribution >= 4 is 37.6 Å². The Morgan fingerprint density at radius 1 is 1.33 bits per heavy atom. The van der Waals surface area contributed by atoms with E-state index in [9.17, 15) is 12.8 Å². The van der Waals surface area contributed by atoms with Crippen LogP contribution in [0.5, 0.6) is 0 Å². The van der Waals surface area contributed by atoms with Gasteiger partial charge in [0.25, 0.3) is 0 Å². The second kappa shape index (κ2) is 5.45. The number of sulfonamides is 1. The van der Waals surface area contributed by atoms with Gasteiger partial charge >= 0.3 is 0 Å². The topological polar surface area (TPSA) is 37.4 Å². The van der Waals surface area contributed by atoms with E-state index in [1.165, 1.54) is 16.4 Å². The molecule has 1 aliphatic rings. The molecule has 0 unspecified atom stereocenters. The van der Waals surface area contributed by atoms with E-state index < -0.39 is 15.8 Å². The predicted octanol–water partition coefficient (Wildman–Crippen LogP) is 3.11. The third kappa shape index (κ3) is 2.57. The van der Waals surface area contributed by atoms with E-state index in [1.54, 1.807) is 0 Å². The van der Waals surface area contributed by atoms with Crippen molar-refractivity contribution in [2.75, 3.05) is 13.1 Å². The van der Waals surface area contributed by atoms with Crippen LogP contribution in [0.25, 0.3) is 0 Å². The van der Waals surface area contributed by atoms with Crippen molar-refractivity contribution in [2.45, 2.75) is 23.6 Å². The van der Waals surface area contributed by atoms with Crippen LogP contribution in [0.3, 0.4) is 0 Å². The van der Waals surface area contributed by atoms with Gasteiger partial charge in [0, 0.05) is 23.1 Å². The molecule has 0 radical (unpaired) electrons. The monoisotopic (exact) mass is 355 g/mol. The normalized spacial score (nSPS) is 17.3. The lowest BCUT2D eigenvalue weighted by atomic mass is 10.2. The number of hydrogen-bond donors (Lipinski definition) is 0. The SMILES string of the molecule is O=S(=O)(c1cc(Br)cc(CCl)c1F)N1CCCC1. The van der Waals surface area contributed by atoms with E-state index in [-0.39, 0.29) is 16.3 Å². The Bertz CT molecular complexity index is 558. The Morgan fingerprint density at radius 3 is 2.50 bits per heavy atom. The summed E-state index contributed by atoms with van der Waals surface area (Å²) in [6.45, 7) is 0.898. The van der Waals surface area contributed by atoms with Crippen LogP contribution >= 0.6 is 27.5 Å². The van der Waals surface area contributed by atoms with Crippen molar-refractivity contribution in [2.24, 2.45) is 0 Å². The summed E-state index contributed by atoms with van der Waals surface area (Å²) >= 11 is 8.80. The lowest BCUT2D eigenvalue weighted by molar-refractivity contribution is 0.468. The number of benzene rings is 1. The maximum absolute atomic E-state index is 14.1. The Balaban J connectivity index is 2.53. The van der Waals surface area contributed by atoms with Gasteiger partial charge in [-0.3, -0.25) is 0 Å². The Hall–Kier alpha value is -0.170. The number of rotatable bonds is 3. The number of nitrogens with zero attached hydrogens (tertiary/aromatic N) is 1. The van der Waals surface area contributed by atoms with Gasteiger partial charge in [-0.2, -0.15) is 4.31 Å². The molecule has 2 rings (SSSR count). The van der Waals surface area contributed by atoms with Crippen molar-refractivity contribution in [3.8, 4) is 0 Å². The van der Waals surface area contributed by atoms with Gasteiger partial charge in [0.1, 0.15) is 10.7 Å². The lowest BCUT2D eigenvalue weighted by Gasteiger charge is -2.17. The summed E-state index contributed by atoms with van der Waals surface area (Å²) in [5, 5.41) is 0. The summed E-state index contributed by atoms with van der Waals surface area (Å²) in [5.74, 6) is -0.812. The van der Waals surface area contributed by atoms with Gasteiger partial charge in [-0.25, -0.2) is 12.8 Å². The minimum absolute atomic E-state index is 0.0617. The van der Waals surface area contributed by atoms with Gasteiger partial charge in [-0.15, -0.1) is 11.6 Å². The first-order valence-corrected chi connectivity index (χ1v) is 8.27. The van der Waals surface area contributed by atoms with Crippen LogP contribution < -0.4 is 0 Å². The van der Waals surface area contributed by atoms with Crippen LogP contribution in [-0.2, 0) is 15.9 Å². The van der Waals surface area contributed by atoms with Crippen LogP contribution in [0.4, 0.5) is 4.39 Å². The standard InChI is InChI=1S/C11H12BrClFNO2S/c12-9-5-8(7-13)11(14)10(6-9)18(16,17)15-3-1-2-4-15/h5-6H,1-4,7H2. The molecule has 0 saturated carbocycles. The molecule has 0 bridgehead atoms. The fraction of sp³-hybridized carbons (Fsp3) is 0.455. The van der Waals surface area contributed by atoms with Gasteiger partial charge in [-0.1, -0.05) is 15.9 Å². The largest absolute Gasteiger partial charge is 0.246 e. The minimum Gasteiger partial charge on any atom is -0.207 e. The zero-order valence-corrected chi connectivity index (χ0v) is 12.7. The first-order valence-electron chi connectivity index (χ1n) is 5.51. The van der Waals surface area contributed by atoms with Crippen molar-refractivity contribution in [1.82, 2.24) is 4.31 Å². The lowest BCUT2D eigenvalue weighted by Crippen LogP contribution is -2.28. The molecule has 0 atom stereocenters. The third-order valence-corrected chi connectivity index (χ3v) is 5.55. The fourth-order valence-corrected chi connectivity index (χ4v) is 4.47. The fourth-order valence-electron chi connectivity index (χ4n) is 1.97. The van der Waals surface area contributed by atoms with Crippen LogP contribution in [0.2, 0.25) is 0 Å².